The fourth-order valence-electron chi connectivity index (χ4n) is 1.51. The lowest BCUT2D eigenvalue weighted by Crippen LogP contribution is -2.20. The molecule has 0 fully saturated rings. The van der Waals surface area contributed by atoms with Gasteiger partial charge in [0.15, 0.2) is 0 Å². The van der Waals surface area contributed by atoms with Gasteiger partial charge in [0.25, 0.3) is 0 Å². The Labute approximate surface area is 126 Å². The molecule has 21 heavy (non-hydrogen) atoms. The molecule has 2 aromatic rings. The first-order valence-corrected chi connectivity index (χ1v) is 7.21. The Balaban J connectivity index is 1.78. The number of ether oxygens (including phenoxy) is 1. The third kappa shape index (κ3) is 5.06. The van der Waals surface area contributed by atoms with Crippen LogP contribution in [0, 0.1) is 17.1 Å². The minimum Gasteiger partial charge on any atom is -0.491 e. The Hall–Kier alpha value is -2.10. The van der Waals surface area contributed by atoms with Gasteiger partial charge in [-0.1, -0.05) is 0 Å². The molecule has 0 saturated carbocycles. The topological polar surface area (TPSA) is 66.1 Å². The maximum absolute atomic E-state index is 12.7. The Kier molecular flexibility index (Phi) is 5.55. The van der Waals surface area contributed by atoms with E-state index in [4.69, 9.17) is 10.00 Å². The van der Waals surface area contributed by atoms with Gasteiger partial charge < -0.3 is 9.84 Å². The molecule has 6 heteroatoms. The number of pyridine rings is 1. The number of aromatic nitrogens is 1. The molecule has 0 saturated heterocycles. The largest absolute Gasteiger partial charge is 0.491 e. The van der Waals surface area contributed by atoms with Gasteiger partial charge in [-0.2, -0.15) is 5.26 Å². The van der Waals surface area contributed by atoms with Crippen molar-refractivity contribution in [3.8, 4) is 11.8 Å². The molecule has 0 amide bonds. The molecule has 0 aliphatic carbocycles. The van der Waals surface area contributed by atoms with E-state index in [0.717, 1.165) is 0 Å². The van der Waals surface area contributed by atoms with Gasteiger partial charge in [-0.25, -0.2) is 9.37 Å². The fourth-order valence-corrected chi connectivity index (χ4v) is 2.32. The van der Waals surface area contributed by atoms with Crippen LogP contribution < -0.4 is 4.74 Å². The van der Waals surface area contributed by atoms with Crippen molar-refractivity contribution in [2.45, 2.75) is 11.1 Å². The van der Waals surface area contributed by atoms with Crippen LogP contribution in [0.1, 0.15) is 5.56 Å². The minimum atomic E-state index is -0.687. The van der Waals surface area contributed by atoms with Crippen LogP contribution in [0.2, 0.25) is 0 Å². The third-order valence-electron chi connectivity index (χ3n) is 2.54. The van der Waals surface area contributed by atoms with Crippen molar-refractivity contribution in [3.05, 3.63) is 54.0 Å². The van der Waals surface area contributed by atoms with Crippen molar-refractivity contribution in [2.75, 3.05) is 12.4 Å². The normalized spacial score (nSPS) is 11.7. The minimum absolute atomic E-state index is 0.108. The number of hydrogen-bond acceptors (Lipinski definition) is 5. The average Bonchev–Trinajstić information content (AvgIpc) is 2.52. The molecule has 0 bridgehead atoms. The van der Waals surface area contributed by atoms with Gasteiger partial charge in [0.05, 0.1) is 22.8 Å². The smallest absolute Gasteiger partial charge is 0.123 e. The van der Waals surface area contributed by atoms with Gasteiger partial charge in [-0.05, 0) is 36.4 Å². The molecule has 1 aromatic heterocycles. The van der Waals surface area contributed by atoms with E-state index < -0.39 is 6.10 Å². The number of nitriles is 1. The quantitative estimate of drug-likeness (QED) is 0.831. The molecule has 1 N–H and O–H groups in total. The van der Waals surface area contributed by atoms with Crippen molar-refractivity contribution in [1.82, 2.24) is 4.98 Å². The Morgan fingerprint density at radius 3 is 2.81 bits per heavy atom. The highest BCUT2D eigenvalue weighted by Crippen LogP contribution is 2.18. The lowest BCUT2D eigenvalue weighted by Gasteiger charge is -2.11. The summed E-state index contributed by atoms with van der Waals surface area (Å²) in [6, 6.07) is 10.9. The number of aliphatic hydroxyl groups is 1. The van der Waals surface area contributed by atoms with Gasteiger partial charge in [0, 0.05) is 11.9 Å². The number of rotatable bonds is 6. The molecule has 1 heterocycles. The van der Waals surface area contributed by atoms with Crippen molar-refractivity contribution >= 4 is 11.8 Å². The van der Waals surface area contributed by atoms with Crippen molar-refractivity contribution in [2.24, 2.45) is 0 Å². The molecular formula is C15H13FN2O2S. The van der Waals surface area contributed by atoms with Crippen LogP contribution in [-0.4, -0.2) is 28.6 Å². The number of thioether (sulfide) groups is 1. The molecule has 0 aliphatic heterocycles. The van der Waals surface area contributed by atoms with E-state index in [2.05, 4.69) is 4.98 Å². The van der Waals surface area contributed by atoms with Crippen LogP contribution in [0.3, 0.4) is 0 Å². The lowest BCUT2D eigenvalue weighted by molar-refractivity contribution is 0.126. The second-order valence-electron chi connectivity index (χ2n) is 4.22. The van der Waals surface area contributed by atoms with E-state index in [9.17, 15) is 9.50 Å². The second kappa shape index (κ2) is 7.62. The zero-order valence-corrected chi connectivity index (χ0v) is 11.9. The predicted octanol–water partition coefficient (Wildman–Crippen LogP) is 2.62. The van der Waals surface area contributed by atoms with Crippen LogP contribution in [0.15, 0.2) is 47.6 Å². The number of benzene rings is 1. The van der Waals surface area contributed by atoms with Gasteiger partial charge in [0.1, 0.15) is 18.2 Å². The summed E-state index contributed by atoms with van der Waals surface area (Å²) in [5.41, 5.74) is 0.532. The first kappa shape index (κ1) is 15.3. The van der Waals surface area contributed by atoms with Crippen molar-refractivity contribution < 1.29 is 14.2 Å². The zero-order valence-electron chi connectivity index (χ0n) is 11.1. The summed E-state index contributed by atoms with van der Waals surface area (Å²) in [5, 5.41) is 19.3. The van der Waals surface area contributed by atoms with E-state index in [1.165, 1.54) is 36.0 Å². The van der Waals surface area contributed by atoms with Gasteiger partial charge in [-0.15, -0.1) is 11.8 Å². The molecule has 4 nitrogen and oxygen atoms in total. The van der Waals surface area contributed by atoms with Crippen LogP contribution in [-0.2, 0) is 0 Å². The van der Waals surface area contributed by atoms with Crippen LogP contribution >= 0.6 is 11.8 Å². The maximum atomic E-state index is 12.7. The summed E-state index contributed by atoms with van der Waals surface area (Å²) in [4.78, 5) is 4.11. The van der Waals surface area contributed by atoms with E-state index in [1.807, 2.05) is 6.07 Å². The Morgan fingerprint density at radius 2 is 2.10 bits per heavy atom. The average molecular weight is 304 g/mol. The number of halogens is 1. The Morgan fingerprint density at radius 1 is 1.33 bits per heavy atom. The molecule has 2 rings (SSSR count). The van der Waals surface area contributed by atoms with E-state index in [0.29, 0.717) is 22.1 Å². The molecule has 1 aromatic carbocycles. The van der Waals surface area contributed by atoms with Gasteiger partial charge >= 0.3 is 0 Å². The summed E-state index contributed by atoms with van der Waals surface area (Å²) < 4.78 is 18.1. The number of aliphatic hydroxyl groups excluding tert-OH is 1. The first-order chi connectivity index (χ1) is 10.2. The summed E-state index contributed by atoms with van der Waals surface area (Å²) >= 11 is 1.34. The summed E-state index contributed by atoms with van der Waals surface area (Å²) in [7, 11) is 0. The van der Waals surface area contributed by atoms with E-state index in [1.54, 1.807) is 18.3 Å². The zero-order chi connectivity index (χ0) is 15.1. The van der Waals surface area contributed by atoms with Gasteiger partial charge in [-0.3, -0.25) is 0 Å². The summed E-state index contributed by atoms with van der Waals surface area (Å²) in [6.07, 6.45) is 0.870. The highest BCUT2D eigenvalue weighted by molar-refractivity contribution is 7.99. The van der Waals surface area contributed by atoms with Crippen molar-refractivity contribution in [1.29, 1.82) is 5.26 Å². The van der Waals surface area contributed by atoms with E-state index >= 15 is 0 Å². The SMILES string of the molecule is N#Cc1ccnc(SC[C@H](O)COc2ccc(F)cc2)c1. The highest BCUT2D eigenvalue weighted by Gasteiger charge is 2.07. The highest BCUT2D eigenvalue weighted by atomic mass is 32.2. The monoisotopic (exact) mass is 304 g/mol. The molecule has 1 atom stereocenters. The fraction of sp³-hybridized carbons (Fsp3) is 0.200. The molecule has 108 valence electrons. The third-order valence-corrected chi connectivity index (χ3v) is 3.61. The molecular weight excluding hydrogens is 291 g/mol. The summed E-state index contributed by atoms with van der Waals surface area (Å²) in [6.45, 7) is 0.108. The van der Waals surface area contributed by atoms with Crippen LogP contribution in [0.4, 0.5) is 4.39 Å². The van der Waals surface area contributed by atoms with E-state index in [-0.39, 0.29) is 12.4 Å². The second-order valence-corrected chi connectivity index (χ2v) is 5.26. The van der Waals surface area contributed by atoms with Crippen LogP contribution in [0.5, 0.6) is 5.75 Å². The standard InChI is InChI=1S/C15H13FN2O2S/c16-12-1-3-14(4-2-12)20-9-13(19)10-21-15-7-11(8-17)5-6-18-15/h1-7,13,19H,9-10H2/t13-/m1/s1. The van der Waals surface area contributed by atoms with Gasteiger partial charge in [0.2, 0.25) is 0 Å². The molecule has 0 spiro atoms. The Bertz CT molecular complexity index is 628. The molecule has 0 unspecified atom stereocenters. The van der Waals surface area contributed by atoms with Crippen LogP contribution in [0.25, 0.3) is 0 Å². The van der Waals surface area contributed by atoms with Crippen molar-refractivity contribution in [3.63, 3.8) is 0 Å². The molecule has 0 aliphatic rings. The predicted molar refractivity (Wildman–Crippen MR) is 77.6 cm³/mol. The number of nitrogens with zero attached hydrogens (tertiary/aromatic N) is 2. The number of hydrogen-bond donors (Lipinski definition) is 1. The maximum Gasteiger partial charge on any atom is 0.123 e. The first-order valence-electron chi connectivity index (χ1n) is 6.23. The lowest BCUT2D eigenvalue weighted by atomic mass is 10.3. The summed E-state index contributed by atoms with van der Waals surface area (Å²) in [5.74, 6) is 0.565. The molecule has 0 radical (unpaired) electrons.